The fourth-order valence-corrected chi connectivity index (χ4v) is 2.49. The molecule has 10 nitrogen and oxygen atoms in total. The standard InChI is InChI=1S/C20H18N2O8/c1-27-20(26)12-2-5-14(6-3-12)22-17(23)10-28-18(24)9-21-19(25)13-4-7-15-16(8-13)30-11-29-15/h2-8H,9-11H2,1H3,(H,21,25)(H,22,23). The summed E-state index contributed by atoms with van der Waals surface area (Å²) >= 11 is 0. The number of ether oxygens (including phenoxy) is 4. The number of carbonyl (C=O) groups excluding carboxylic acids is 4. The first-order valence-electron chi connectivity index (χ1n) is 8.78. The van der Waals surface area contributed by atoms with Crippen molar-refractivity contribution in [1.82, 2.24) is 5.32 Å². The third-order valence-electron chi connectivity index (χ3n) is 3.98. The van der Waals surface area contributed by atoms with Gasteiger partial charge in [0.1, 0.15) is 6.54 Å². The van der Waals surface area contributed by atoms with Crippen molar-refractivity contribution in [2.75, 3.05) is 32.4 Å². The monoisotopic (exact) mass is 414 g/mol. The van der Waals surface area contributed by atoms with Gasteiger partial charge in [-0.3, -0.25) is 14.4 Å². The van der Waals surface area contributed by atoms with Crippen molar-refractivity contribution in [1.29, 1.82) is 0 Å². The highest BCUT2D eigenvalue weighted by molar-refractivity contribution is 5.97. The summed E-state index contributed by atoms with van der Waals surface area (Å²) in [5.41, 5.74) is 1.04. The van der Waals surface area contributed by atoms with Crippen molar-refractivity contribution in [2.45, 2.75) is 0 Å². The molecule has 2 N–H and O–H groups in total. The average Bonchev–Trinajstić information content (AvgIpc) is 3.24. The lowest BCUT2D eigenvalue weighted by atomic mass is 10.2. The molecule has 0 saturated heterocycles. The highest BCUT2D eigenvalue weighted by atomic mass is 16.7. The van der Waals surface area contributed by atoms with E-state index in [0.717, 1.165) is 0 Å². The lowest BCUT2D eigenvalue weighted by molar-refractivity contribution is -0.146. The molecule has 0 aromatic heterocycles. The molecule has 0 spiro atoms. The molecule has 0 radical (unpaired) electrons. The van der Waals surface area contributed by atoms with Crippen LogP contribution in [0.3, 0.4) is 0 Å². The number of carbonyl (C=O) groups is 4. The molecule has 0 saturated carbocycles. The molecule has 10 heteroatoms. The van der Waals surface area contributed by atoms with E-state index < -0.39 is 36.9 Å². The molecule has 2 amide bonds. The van der Waals surface area contributed by atoms with E-state index in [4.69, 9.17) is 14.2 Å². The molecule has 1 aliphatic heterocycles. The normalized spacial score (nSPS) is 11.4. The minimum absolute atomic E-state index is 0.0875. The van der Waals surface area contributed by atoms with Crippen molar-refractivity contribution in [2.24, 2.45) is 0 Å². The zero-order valence-corrected chi connectivity index (χ0v) is 15.9. The number of hydrogen-bond donors (Lipinski definition) is 2. The van der Waals surface area contributed by atoms with Crippen LogP contribution in [0.1, 0.15) is 20.7 Å². The Morgan fingerprint density at radius 3 is 2.40 bits per heavy atom. The fourth-order valence-electron chi connectivity index (χ4n) is 2.49. The summed E-state index contributed by atoms with van der Waals surface area (Å²) in [6.07, 6.45) is 0. The molecule has 0 aliphatic carbocycles. The van der Waals surface area contributed by atoms with Gasteiger partial charge in [-0.1, -0.05) is 0 Å². The predicted octanol–water partition coefficient (Wildman–Crippen LogP) is 1.11. The van der Waals surface area contributed by atoms with Gasteiger partial charge in [0, 0.05) is 11.3 Å². The summed E-state index contributed by atoms with van der Waals surface area (Å²) in [6.45, 7) is -0.851. The molecule has 156 valence electrons. The zero-order valence-electron chi connectivity index (χ0n) is 15.9. The molecule has 0 unspecified atom stereocenters. The Morgan fingerprint density at radius 2 is 1.67 bits per heavy atom. The molecule has 0 bridgehead atoms. The first kappa shape index (κ1) is 20.6. The summed E-state index contributed by atoms with van der Waals surface area (Å²) in [5, 5.41) is 4.91. The van der Waals surface area contributed by atoms with Gasteiger partial charge in [-0.15, -0.1) is 0 Å². The van der Waals surface area contributed by atoms with E-state index in [-0.39, 0.29) is 6.79 Å². The maximum atomic E-state index is 12.1. The van der Waals surface area contributed by atoms with Gasteiger partial charge in [0.05, 0.1) is 12.7 Å². The third-order valence-corrected chi connectivity index (χ3v) is 3.98. The second kappa shape index (κ2) is 9.41. The Balaban J connectivity index is 1.40. The van der Waals surface area contributed by atoms with Crippen LogP contribution in [0.2, 0.25) is 0 Å². The third kappa shape index (κ3) is 5.25. The molecular weight excluding hydrogens is 396 g/mol. The van der Waals surface area contributed by atoms with Gasteiger partial charge in [0.25, 0.3) is 11.8 Å². The Hall–Kier alpha value is -4.08. The fraction of sp³-hybridized carbons (Fsp3) is 0.200. The molecule has 1 aliphatic rings. The van der Waals surface area contributed by atoms with E-state index in [9.17, 15) is 19.2 Å². The van der Waals surface area contributed by atoms with Crippen LogP contribution in [0, 0.1) is 0 Å². The number of methoxy groups -OCH3 is 1. The molecular formula is C20H18N2O8. The summed E-state index contributed by atoms with van der Waals surface area (Å²) in [6, 6.07) is 10.6. The largest absolute Gasteiger partial charge is 0.465 e. The van der Waals surface area contributed by atoms with E-state index in [1.165, 1.54) is 43.5 Å². The van der Waals surface area contributed by atoms with Gasteiger partial charge in [0.2, 0.25) is 6.79 Å². The summed E-state index contributed by atoms with van der Waals surface area (Å²) in [7, 11) is 1.27. The number of nitrogens with one attached hydrogen (secondary N) is 2. The number of esters is 2. The lowest BCUT2D eigenvalue weighted by Gasteiger charge is -2.08. The molecule has 0 atom stereocenters. The van der Waals surface area contributed by atoms with Crippen molar-refractivity contribution in [3.63, 3.8) is 0 Å². The van der Waals surface area contributed by atoms with Crippen molar-refractivity contribution in [3.05, 3.63) is 53.6 Å². The van der Waals surface area contributed by atoms with Gasteiger partial charge in [-0.05, 0) is 42.5 Å². The first-order chi connectivity index (χ1) is 14.5. The second-order valence-electron chi connectivity index (χ2n) is 6.03. The Bertz CT molecular complexity index is 971. The molecule has 2 aromatic rings. The minimum Gasteiger partial charge on any atom is -0.465 e. The summed E-state index contributed by atoms with van der Waals surface area (Å²) < 4.78 is 19.8. The van der Waals surface area contributed by atoms with Crippen LogP contribution in [0.15, 0.2) is 42.5 Å². The van der Waals surface area contributed by atoms with Gasteiger partial charge >= 0.3 is 11.9 Å². The molecule has 30 heavy (non-hydrogen) atoms. The van der Waals surface area contributed by atoms with E-state index in [2.05, 4.69) is 15.4 Å². The van der Waals surface area contributed by atoms with Gasteiger partial charge in [0.15, 0.2) is 18.1 Å². The van der Waals surface area contributed by atoms with Crippen LogP contribution < -0.4 is 20.1 Å². The number of hydrogen-bond acceptors (Lipinski definition) is 8. The number of anilines is 1. The lowest BCUT2D eigenvalue weighted by Crippen LogP contribution is -2.32. The maximum absolute atomic E-state index is 12.1. The highest BCUT2D eigenvalue weighted by Crippen LogP contribution is 2.32. The van der Waals surface area contributed by atoms with E-state index in [1.54, 1.807) is 6.07 Å². The maximum Gasteiger partial charge on any atom is 0.337 e. The van der Waals surface area contributed by atoms with Gasteiger partial charge < -0.3 is 29.6 Å². The van der Waals surface area contributed by atoms with Crippen molar-refractivity contribution in [3.8, 4) is 11.5 Å². The first-order valence-corrected chi connectivity index (χ1v) is 8.78. The van der Waals surface area contributed by atoms with Crippen LogP contribution in [0.5, 0.6) is 11.5 Å². The van der Waals surface area contributed by atoms with E-state index >= 15 is 0 Å². The van der Waals surface area contributed by atoms with Crippen LogP contribution in [0.4, 0.5) is 5.69 Å². The van der Waals surface area contributed by atoms with E-state index in [1.807, 2.05) is 0 Å². The second-order valence-corrected chi connectivity index (χ2v) is 6.03. The van der Waals surface area contributed by atoms with Gasteiger partial charge in [-0.2, -0.15) is 0 Å². The Labute approximate surface area is 171 Å². The Morgan fingerprint density at radius 1 is 0.967 bits per heavy atom. The smallest absolute Gasteiger partial charge is 0.337 e. The zero-order chi connectivity index (χ0) is 21.5. The van der Waals surface area contributed by atoms with Gasteiger partial charge in [-0.25, -0.2) is 4.79 Å². The minimum atomic E-state index is -0.778. The van der Waals surface area contributed by atoms with Crippen molar-refractivity contribution >= 4 is 29.4 Å². The topological polar surface area (TPSA) is 129 Å². The number of benzene rings is 2. The van der Waals surface area contributed by atoms with Crippen molar-refractivity contribution < 1.29 is 38.1 Å². The van der Waals surface area contributed by atoms with Crippen LogP contribution in [0.25, 0.3) is 0 Å². The summed E-state index contributed by atoms with van der Waals surface area (Å²) in [4.78, 5) is 47.1. The van der Waals surface area contributed by atoms with Crippen LogP contribution in [-0.4, -0.2) is 50.8 Å². The SMILES string of the molecule is COC(=O)c1ccc(NC(=O)COC(=O)CNC(=O)c2ccc3c(c2)OCO3)cc1. The van der Waals surface area contributed by atoms with Crippen LogP contribution in [-0.2, 0) is 19.1 Å². The number of rotatable bonds is 7. The molecule has 2 aromatic carbocycles. The summed E-state index contributed by atoms with van der Waals surface area (Å²) in [5.74, 6) is -1.36. The molecule has 0 fully saturated rings. The predicted molar refractivity (Wildman–Crippen MR) is 102 cm³/mol. The van der Waals surface area contributed by atoms with E-state index in [0.29, 0.717) is 28.3 Å². The molecule has 3 rings (SSSR count). The Kier molecular flexibility index (Phi) is 6.48. The molecule has 1 heterocycles. The highest BCUT2D eigenvalue weighted by Gasteiger charge is 2.17. The number of fused-ring (bicyclic) bond motifs is 1. The van der Waals surface area contributed by atoms with Crippen LogP contribution >= 0.6 is 0 Å². The quantitative estimate of drug-likeness (QED) is 0.645. The number of amides is 2. The average molecular weight is 414 g/mol.